The quantitative estimate of drug-likeness (QED) is 0.792. The molecule has 2 aliphatic rings. The average Bonchev–Trinajstić information content (AvgIpc) is 2.40. The molecule has 2 rings (SSSR count). The predicted octanol–water partition coefficient (Wildman–Crippen LogP) is 3.03. The first-order chi connectivity index (χ1) is 8.38. The van der Waals surface area contributed by atoms with Gasteiger partial charge in [0.05, 0.1) is 0 Å². The molecule has 0 aromatic carbocycles. The Hall–Kier alpha value is -0.0800. The zero-order valence-corrected chi connectivity index (χ0v) is 11.6. The zero-order valence-electron chi connectivity index (χ0n) is 11.6. The second-order valence-electron chi connectivity index (χ2n) is 5.97. The monoisotopic (exact) mass is 238 g/mol. The highest BCUT2D eigenvalue weighted by molar-refractivity contribution is 4.77. The second kappa shape index (κ2) is 7.38. The summed E-state index contributed by atoms with van der Waals surface area (Å²) < 4.78 is 0. The molecule has 2 fully saturated rings. The first kappa shape index (κ1) is 13.4. The third-order valence-corrected chi connectivity index (χ3v) is 4.66. The largest absolute Gasteiger partial charge is 0.314 e. The molecule has 0 spiro atoms. The number of piperidine rings is 1. The van der Waals surface area contributed by atoms with Crippen LogP contribution in [0.1, 0.15) is 58.3 Å². The fourth-order valence-corrected chi connectivity index (χ4v) is 3.49. The van der Waals surface area contributed by atoms with Gasteiger partial charge in [-0.2, -0.15) is 0 Å². The highest BCUT2D eigenvalue weighted by Gasteiger charge is 2.19. The molecular formula is C15H30N2. The van der Waals surface area contributed by atoms with Crippen LogP contribution in [0.2, 0.25) is 0 Å². The van der Waals surface area contributed by atoms with Gasteiger partial charge < -0.3 is 10.2 Å². The number of rotatable bonds is 5. The van der Waals surface area contributed by atoms with Crippen molar-refractivity contribution in [2.24, 2.45) is 5.92 Å². The fourth-order valence-electron chi connectivity index (χ4n) is 3.49. The topological polar surface area (TPSA) is 15.3 Å². The maximum absolute atomic E-state index is 3.58. The van der Waals surface area contributed by atoms with E-state index in [1.165, 1.54) is 71.0 Å². The van der Waals surface area contributed by atoms with Crippen LogP contribution in [0.4, 0.5) is 0 Å². The molecule has 1 aliphatic carbocycles. The lowest BCUT2D eigenvalue weighted by molar-refractivity contribution is 0.179. The fraction of sp³-hybridized carbons (Fsp3) is 1.00. The van der Waals surface area contributed by atoms with E-state index in [9.17, 15) is 0 Å². The number of nitrogens with zero attached hydrogens (tertiary/aromatic N) is 1. The maximum atomic E-state index is 3.58. The van der Waals surface area contributed by atoms with E-state index in [2.05, 4.69) is 17.1 Å². The van der Waals surface area contributed by atoms with E-state index in [4.69, 9.17) is 0 Å². The highest BCUT2D eigenvalue weighted by atomic mass is 15.1. The van der Waals surface area contributed by atoms with Gasteiger partial charge in [-0.1, -0.05) is 39.0 Å². The van der Waals surface area contributed by atoms with Crippen LogP contribution in [0.15, 0.2) is 0 Å². The van der Waals surface area contributed by atoms with E-state index in [0.717, 1.165) is 18.5 Å². The van der Waals surface area contributed by atoms with E-state index < -0.39 is 0 Å². The van der Waals surface area contributed by atoms with Crippen LogP contribution in [-0.4, -0.2) is 37.1 Å². The first-order valence-corrected chi connectivity index (χ1v) is 7.84. The van der Waals surface area contributed by atoms with Gasteiger partial charge in [0, 0.05) is 6.04 Å². The van der Waals surface area contributed by atoms with E-state index in [1.54, 1.807) is 0 Å². The molecule has 0 amide bonds. The Kier molecular flexibility index (Phi) is 5.79. The molecule has 17 heavy (non-hydrogen) atoms. The molecule has 0 atom stereocenters. The number of nitrogens with one attached hydrogen (secondary N) is 1. The lowest BCUT2D eigenvalue weighted by Crippen LogP contribution is -2.43. The van der Waals surface area contributed by atoms with E-state index in [0.29, 0.717) is 0 Å². The van der Waals surface area contributed by atoms with Gasteiger partial charge in [0.25, 0.3) is 0 Å². The van der Waals surface area contributed by atoms with Crippen molar-refractivity contribution in [3.8, 4) is 0 Å². The molecule has 1 saturated carbocycles. The van der Waals surface area contributed by atoms with Crippen LogP contribution >= 0.6 is 0 Å². The van der Waals surface area contributed by atoms with Crippen molar-refractivity contribution in [1.82, 2.24) is 10.2 Å². The SMILES string of the molecule is CCNC1CCN(CCC2CCCCC2)CC1. The van der Waals surface area contributed by atoms with Crippen molar-refractivity contribution in [2.75, 3.05) is 26.2 Å². The summed E-state index contributed by atoms with van der Waals surface area (Å²) >= 11 is 0. The van der Waals surface area contributed by atoms with Crippen LogP contribution in [0.5, 0.6) is 0 Å². The Morgan fingerprint density at radius 2 is 1.71 bits per heavy atom. The molecule has 2 heteroatoms. The van der Waals surface area contributed by atoms with Gasteiger partial charge >= 0.3 is 0 Å². The van der Waals surface area contributed by atoms with Gasteiger partial charge in [0.15, 0.2) is 0 Å². The number of hydrogen-bond donors (Lipinski definition) is 1. The minimum absolute atomic E-state index is 0.797. The van der Waals surface area contributed by atoms with Gasteiger partial charge in [0.1, 0.15) is 0 Å². The normalized spacial score (nSPS) is 25.2. The molecule has 1 heterocycles. The second-order valence-corrected chi connectivity index (χ2v) is 5.97. The summed E-state index contributed by atoms with van der Waals surface area (Å²) in [6, 6.07) is 0.797. The molecule has 1 saturated heterocycles. The van der Waals surface area contributed by atoms with E-state index in [-0.39, 0.29) is 0 Å². The van der Waals surface area contributed by atoms with Gasteiger partial charge in [0.2, 0.25) is 0 Å². The molecule has 0 aromatic rings. The Morgan fingerprint density at radius 3 is 2.35 bits per heavy atom. The number of hydrogen-bond acceptors (Lipinski definition) is 2. The van der Waals surface area contributed by atoms with Crippen molar-refractivity contribution in [1.29, 1.82) is 0 Å². The summed E-state index contributed by atoms with van der Waals surface area (Å²) in [6.07, 6.45) is 11.7. The molecular weight excluding hydrogens is 208 g/mol. The highest BCUT2D eigenvalue weighted by Crippen LogP contribution is 2.26. The molecule has 0 unspecified atom stereocenters. The molecule has 1 aliphatic heterocycles. The van der Waals surface area contributed by atoms with Crippen molar-refractivity contribution in [3.05, 3.63) is 0 Å². The lowest BCUT2D eigenvalue weighted by atomic mass is 9.87. The van der Waals surface area contributed by atoms with Crippen LogP contribution in [0.3, 0.4) is 0 Å². The van der Waals surface area contributed by atoms with E-state index >= 15 is 0 Å². The summed E-state index contributed by atoms with van der Waals surface area (Å²) in [5.41, 5.74) is 0. The van der Waals surface area contributed by atoms with Crippen molar-refractivity contribution < 1.29 is 0 Å². The Labute approximate surface area is 107 Å². The summed E-state index contributed by atoms with van der Waals surface area (Å²) in [4.78, 5) is 2.70. The first-order valence-electron chi connectivity index (χ1n) is 7.84. The maximum Gasteiger partial charge on any atom is 0.00912 e. The van der Waals surface area contributed by atoms with Gasteiger partial charge in [-0.15, -0.1) is 0 Å². The van der Waals surface area contributed by atoms with Crippen LogP contribution in [-0.2, 0) is 0 Å². The smallest absolute Gasteiger partial charge is 0.00912 e. The van der Waals surface area contributed by atoms with Gasteiger partial charge in [-0.05, 0) is 51.4 Å². The minimum atomic E-state index is 0.797. The van der Waals surface area contributed by atoms with Gasteiger partial charge in [-0.25, -0.2) is 0 Å². The predicted molar refractivity (Wildman–Crippen MR) is 74.3 cm³/mol. The zero-order chi connectivity index (χ0) is 11.9. The van der Waals surface area contributed by atoms with Crippen molar-refractivity contribution >= 4 is 0 Å². The Bertz CT molecular complexity index is 191. The lowest BCUT2D eigenvalue weighted by Gasteiger charge is -2.33. The molecule has 0 radical (unpaired) electrons. The van der Waals surface area contributed by atoms with Crippen molar-refractivity contribution in [2.45, 2.75) is 64.3 Å². The molecule has 100 valence electrons. The summed E-state index contributed by atoms with van der Waals surface area (Å²) in [7, 11) is 0. The molecule has 2 nitrogen and oxygen atoms in total. The third kappa shape index (κ3) is 4.59. The number of likely N-dealkylation sites (tertiary alicyclic amines) is 1. The Morgan fingerprint density at radius 1 is 1.00 bits per heavy atom. The van der Waals surface area contributed by atoms with Crippen LogP contribution < -0.4 is 5.32 Å². The van der Waals surface area contributed by atoms with Crippen molar-refractivity contribution in [3.63, 3.8) is 0 Å². The minimum Gasteiger partial charge on any atom is -0.314 e. The Balaban J connectivity index is 1.57. The standard InChI is InChI=1S/C15H30N2/c1-2-16-15-9-12-17(13-10-15)11-8-14-6-4-3-5-7-14/h14-16H,2-13H2,1H3. The molecule has 0 bridgehead atoms. The van der Waals surface area contributed by atoms with Gasteiger partial charge in [-0.3, -0.25) is 0 Å². The average molecular weight is 238 g/mol. The summed E-state index contributed by atoms with van der Waals surface area (Å²) in [5.74, 6) is 1.05. The summed E-state index contributed by atoms with van der Waals surface area (Å²) in [5, 5.41) is 3.58. The van der Waals surface area contributed by atoms with Crippen LogP contribution in [0, 0.1) is 5.92 Å². The van der Waals surface area contributed by atoms with E-state index in [1.807, 2.05) is 0 Å². The van der Waals surface area contributed by atoms with Crippen LogP contribution in [0.25, 0.3) is 0 Å². The third-order valence-electron chi connectivity index (χ3n) is 4.66. The molecule has 0 aromatic heterocycles. The molecule has 1 N–H and O–H groups in total. The summed E-state index contributed by atoms with van der Waals surface area (Å²) in [6.45, 7) is 7.36.